The van der Waals surface area contributed by atoms with Crippen LogP contribution in [-0.4, -0.2) is 19.6 Å². The number of phenols is 1. The second-order valence-corrected chi connectivity index (χ2v) is 10.6. The molecule has 4 nitrogen and oxygen atoms in total. The van der Waals surface area contributed by atoms with Gasteiger partial charge in [-0.3, -0.25) is 14.5 Å². The van der Waals surface area contributed by atoms with E-state index in [1.807, 2.05) is 41.1 Å². The molecule has 0 bridgehead atoms. The minimum atomic E-state index is -0.324. The van der Waals surface area contributed by atoms with Gasteiger partial charge < -0.3 is 5.11 Å². The van der Waals surface area contributed by atoms with Crippen molar-refractivity contribution in [2.75, 3.05) is 0 Å². The molecule has 1 N–H and O–H groups in total. The van der Waals surface area contributed by atoms with Gasteiger partial charge >= 0.3 is 0 Å². The van der Waals surface area contributed by atoms with E-state index in [1.165, 1.54) is 5.56 Å². The fourth-order valence-corrected chi connectivity index (χ4v) is 5.16. The van der Waals surface area contributed by atoms with Crippen LogP contribution in [0.1, 0.15) is 50.4 Å². The molecule has 6 aromatic rings. The monoisotopic (exact) mass is 691 g/mol. The Morgan fingerprint density at radius 2 is 1.62 bits per heavy atom. The molecule has 3 heterocycles. The smallest absolute Gasteiger partial charge is 0.139 e. The molecule has 5 heteroatoms. The van der Waals surface area contributed by atoms with Gasteiger partial charge in [-0.05, 0) is 47.5 Å². The van der Waals surface area contributed by atoms with E-state index in [1.54, 1.807) is 6.07 Å². The predicted molar refractivity (Wildman–Crippen MR) is 155 cm³/mol. The third-order valence-electron chi connectivity index (χ3n) is 7.48. The Morgan fingerprint density at radius 3 is 2.41 bits per heavy atom. The van der Waals surface area contributed by atoms with Gasteiger partial charge in [-0.15, -0.1) is 35.4 Å². The standard InChI is InChI=1S/C34H30N3O.Pt/c1-22(2)23-18-19-35-32(21-23)34(3,4)25-11-9-10-24(20-25)28-17-16-27-26-12-5-6-13-29(26)37(33(27)36-28)30-14-7-8-15-31(30)38;/h5-19,21-22,38H,1-4H3;/q-1;. The molecule has 3 aromatic heterocycles. The number of pyridine rings is 2. The third kappa shape index (κ3) is 4.68. The van der Waals surface area contributed by atoms with E-state index < -0.39 is 0 Å². The van der Waals surface area contributed by atoms with Gasteiger partial charge in [0.2, 0.25) is 0 Å². The summed E-state index contributed by atoms with van der Waals surface area (Å²) < 4.78 is 2.04. The van der Waals surface area contributed by atoms with E-state index in [0.29, 0.717) is 11.6 Å². The van der Waals surface area contributed by atoms with E-state index in [2.05, 4.69) is 88.4 Å². The molecule has 6 rings (SSSR count). The van der Waals surface area contributed by atoms with E-state index >= 15 is 0 Å². The van der Waals surface area contributed by atoms with Crippen molar-refractivity contribution in [1.82, 2.24) is 14.5 Å². The van der Waals surface area contributed by atoms with Crippen LogP contribution in [0, 0.1) is 6.07 Å². The molecule has 0 aliphatic heterocycles. The summed E-state index contributed by atoms with van der Waals surface area (Å²) in [4.78, 5) is 9.87. The molecule has 0 aliphatic rings. The summed E-state index contributed by atoms with van der Waals surface area (Å²) in [7, 11) is 0. The molecule has 0 atom stereocenters. The predicted octanol–water partition coefficient (Wildman–Crippen LogP) is 8.19. The number of aromatic hydroxyl groups is 1. The second kappa shape index (κ2) is 10.4. The Kier molecular flexibility index (Phi) is 7.18. The zero-order valence-electron chi connectivity index (χ0n) is 22.4. The van der Waals surface area contributed by atoms with Crippen molar-refractivity contribution in [2.45, 2.75) is 39.0 Å². The van der Waals surface area contributed by atoms with Gasteiger partial charge in [-0.1, -0.05) is 70.2 Å². The number of fused-ring (bicyclic) bond motifs is 3. The largest absolute Gasteiger partial charge is 0.506 e. The van der Waals surface area contributed by atoms with Crippen molar-refractivity contribution in [3.05, 3.63) is 120 Å². The molecule has 0 saturated heterocycles. The summed E-state index contributed by atoms with van der Waals surface area (Å²) in [6.07, 6.45) is 1.91. The van der Waals surface area contributed by atoms with Crippen molar-refractivity contribution >= 4 is 21.9 Å². The summed E-state index contributed by atoms with van der Waals surface area (Å²) in [6, 6.07) is 34.0. The van der Waals surface area contributed by atoms with Crippen LogP contribution in [0.2, 0.25) is 0 Å². The van der Waals surface area contributed by atoms with Crippen molar-refractivity contribution < 1.29 is 26.2 Å². The molecular formula is C34H30N3OPt-. The maximum Gasteiger partial charge on any atom is 0.139 e. The summed E-state index contributed by atoms with van der Waals surface area (Å²) in [5.74, 6) is 0.656. The van der Waals surface area contributed by atoms with Crippen LogP contribution >= 0.6 is 0 Å². The van der Waals surface area contributed by atoms with Gasteiger partial charge in [0.05, 0.1) is 11.2 Å². The summed E-state index contributed by atoms with van der Waals surface area (Å²) in [5, 5.41) is 12.9. The first-order valence-electron chi connectivity index (χ1n) is 13.0. The van der Waals surface area contributed by atoms with Gasteiger partial charge in [-0.25, -0.2) is 0 Å². The fourth-order valence-electron chi connectivity index (χ4n) is 5.16. The zero-order chi connectivity index (χ0) is 26.4. The van der Waals surface area contributed by atoms with Gasteiger partial charge in [-0.2, -0.15) is 0 Å². The van der Waals surface area contributed by atoms with Crippen molar-refractivity contribution in [3.63, 3.8) is 0 Å². The van der Waals surface area contributed by atoms with E-state index in [9.17, 15) is 5.11 Å². The fraction of sp³-hybridized carbons (Fsp3) is 0.176. The van der Waals surface area contributed by atoms with Crippen LogP contribution in [0.5, 0.6) is 5.75 Å². The number of hydrogen-bond acceptors (Lipinski definition) is 3. The van der Waals surface area contributed by atoms with Crippen molar-refractivity contribution in [3.8, 4) is 22.7 Å². The first kappa shape index (κ1) is 26.8. The average molecular weight is 692 g/mol. The van der Waals surface area contributed by atoms with Gasteiger partial charge in [0.15, 0.2) is 0 Å². The first-order valence-corrected chi connectivity index (χ1v) is 13.0. The molecule has 198 valence electrons. The van der Waals surface area contributed by atoms with Crippen LogP contribution in [0.25, 0.3) is 38.9 Å². The minimum absolute atomic E-state index is 0. The van der Waals surface area contributed by atoms with Crippen LogP contribution in [0.3, 0.4) is 0 Å². The van der Waals surface area contributed by atoms with Gasteiger partial charge in [0.25, 0.3) is 0 Å². The van der Waals surface area contributed by atoms with Crippen LogP contribution < -0.4 is 0 Å². The quantitative estimate of drug-likeness (QED) is 0.186. The number of hydrogen-bond donors (Lipinski definition) is 1. The number of para-hydroxylation sites is 3. The number of phenolic OH excluding ortho intramolecular Hbond substituents is 1. The van der Waals surface area contributed by atoms with E-state index in [-0.39, 0.29) is 32.2 Å². The average Bonchev–Trinajstić information content (AvgIpc) is 3.27. The molecular weight excluding hydrogens is 661 g/mol. The summed E-state index contributed by atoms with van der Waals surface area (Å²) >= 11 is 0. The molecule has 3 aromatic carbocycles. The number of benzene rings is 3. The Balaban J connectivity index is 0.00000308. The summed E-state index contributed by atoms with van der Waals surface area (Å²) in [6.45, 7) is 8.80. The number of aromatic nitrogens is 3. The Bertz CT molecular complexity index is 1800. The number of nitrogens with zero attached hydrogens (tertiary/aromatic N) is 3. The van der Waals surface area contributed by atoms with E-state index in [4.69, 9.17) is 9.97 Å². The topological polar surface area (TPSA) is 50.9 Å². The molecule has 0 aliphatic carbocycles. The Morgan fingerprint density at radius 1 is 0.846 bits per heavy atom. The van der Waals surface area contributed by atoms with Gasteiger partial charge in [0.1, 0.15) is 11.4 Å². The molecule has 0 spiro atoms. The van der Waals surface area contributed by atoms with Crippen LogP contribution in [0.4, 0.5) is 0 Å². The molecule has 0 radical (unpaired) electrons. The number of rotatable bonds is 5. The maximum atomic E-state index is 10.7. The molecule has 0 fully saturated rings. The Hall–Kier alpha value is -3.75. The van der Waals surface area contributed by atoms with Crippen molar-refractivity contribution in [1.29, 1.82) is 0 Å². The Labute approximate surface area is 243 Å². The second-order valence-electron chi connectivity index (χ2n) is 10.6. The molecule has 0 unspecified atom stereocenters. The summed E-state index contributed by atoms with van der Waals surface area (Å²) in [5.41, 5.74) is 7.31. The van der Waals surface area contributed by atoms with Crippen molar-refractivity contribution in [2.24, 2.45) is 0 Å². The molecule has 39 heavy (non-hydrogen) atoms. The van der Waals surface area contributed by atoms with Crippen LogP contribution in [0.15, 0.2) is 97.2 Å². The normalized spacial score (nSPS) is 11.7. The van der Waals surface area contributed by atoms with Gasteiger partial charge in [0, 0.05) is 49.1 Å². The zero-order valence-corrected chi connectivity index (χ0v) is 24.7. The third-order valence-corrected chi connectivity index (χ3v) is 7.48. The molecule has 0 amide bonds. The minimum Gasteiger partial charge on any atom is -0.506 e. The molecule has 0 saturated carbocycles. The first-order chi connectivity index (χ1) is 18.3. The maximum absolute atomic E-state index is 10.7. The SMILES string of the molecule is CC(C)c1ccnc(C(C)(C)c2[c-]c(-c3ccc4c5ccccc5n(-c5ccccc5O)c4n3)ccc2)c1.[Pt]. The van der Waals surface area contributed by atoms with Crippen LogP contribution in [-0.2, 0) is 26.5 Å². The van der Waals surface area contributed by atoms with E-state index in [0.717, 1.165) is 44.5 Å².